The zero-order chi connectivity index (χ0) is 20.9. The summed E-state index contributed by atoms with van der Waals surface area (Å²) in [6.45, 7) is 5.90. The monoisotopic (exact) mass is 406 g/mol. The Morgan fingerprint density at radius 1 is 1.20 bits per heavy atom. The van der Waals surface area contributed by atoms with Crippen LogP contribution in [-0.4, -0.2) is 40.8 Å². The van der Waals surface area contributed by atoms with Gasteiger partial charge >= 0.3 is 6.03 Å². The van der Waals surface area contributed by atoms with Crippen molar-refractivity contribution in [1.82, 2.24) is 15.0 Å². The van der Waals surface area contributed by atoms with Gasteiger partial charge in [0.2, 0.25) is 11.7 Å². The van der Waals surface area contributed by atoms with Crippen LogP contribution in [0.2, 0.25) is 0 Å². The average Bonchev–Trinajstić information content (AvgIpc) is 3.26. The fraction of sp³-hybridized carbons (Fsp3) is 0.348. The van der Waals surface area contributed by atoms with Crippen LogP contribution in [-0.2, 0) is 0 Å². The molecule has 4 rings (SSSR count). The Kier molecular flexibility index (Phi) is 5.97. The summed E-state index contributed by atoms with van der Waals surface area (Å²) in [7, 11) is 0. The summed E-state index contributed by atoms with van der Waals surface area (Å²) < 4.78 is 11.0. The lowest BCUT2D eigenvalue weighted by molar-refractivity contribution is 0.187. The lowest BCUT2D eigenvalue weighted by atomic mass is 9.97. The quantitative estimate of drug-likeness (QED) is 0.655. The number of likely N-dealkylation sites (tertiary alicyclic amines) is 1. The van der Waals surface area contributed by atoms with Crippen molar-refractivity contribution in [2.24, 2.45) is 0 Å². The summed E-state index contributed by atoms with van der Waals surface area (Å²) in [6.07, 6.45) is 1.60. The molecule has 2 amide bonds. The number of amides is 2. The molecule has 0 radical (unpaired) electrons. The van der Waals surface area contributed by atoms with E-state index in [-0.39, 0.29) is 11.9 Å². The maximum absolute atomic E-state index is 12.6. The predicted molar refractivity (Wildman–Crippen MR) is 115 cm³/mol. The minimum absolute atomic E-state index is 0.0939. The van der Waals surface area contributed by atoms with E-state index in [2.05, 4.69) is 15.5 Å². The lowest BCUT2D eigenvalue weighted by Crippen LogP contribution is -2.40. The van der Waals surface area contributed by atoms with Gasteiger partial charge in [0.05, 0.1) is 6.61 Å². The van der Waals surface area contributed by atoms with Gasteiger partial charge in [-0.15, -0.1) is 0 Å². The van der Waals surface area contributed by atoms with E-state index >= 15 is 0 Å². The summed E-state index contributed by atoms with van der Waals surface area (Å²) in [4.78, 5) is 19.0. The van der Waals surface area contributed by atoms with Crippen LogP contribution in [0.3, 0.4) is 0 Å². The molecule has 7 heteroatoms. The van der Waals surface area contributed by atoms with E-state index in [1.54, 1.807) is 0 Å². The number of aryl methyl sites for hydroxylation is 1. The Labute approximate surface area is 176 Å². The number of rotatable bonds is 5. The number of piperidine rings is 1. The molecule has 3 aromatic rings. The predicted octanol–water partition coefficient (Wildman–Crippen LogP) is 4.86. The van der Waals surface area contributed by atoms with Gasteiger partial charge in [-0.05, 0) is 57.0 Å². The van der Waals surface area contributed by atoms with Crippen molar-refractivity contribution >= 4 is 11.7 Å². The maximum Gasteiger partial charge on any atom is 0.321 e. The van der Waals surface area contributed by atoms with Gasteiger partial charge in [-0.3, -0.25) is 0 Å². The number of nitrogens with zero attached hydrogens (tertiary/aromatic N) is 3. The number of ether oxygens (including phenoxy) is 1. The second-order valence-corrected chi connectivity index (χ2v) is 7.47. The first kappa shape index (κ1) is 19.9. The molecule has 0 saturated carbocycles. The number of anilines is 1. The van der Waals surface area contributed by atoms with Crippen LogP contribution in [0.1, 0.15) is 37.1 Å². The van der Waals surface area contributed by atoms with E-state index < -0.39 is 0 Å². The van der Waals surface area contributed by atoms with Crippen molar-refractivity contribution in [1.29, 1.82) is 0 Å². The van der Waals surface area contributed by atoms with E-state index in [1.165, 1.54) is 0 Å². The number of aromatic nitrogens is 2. The fourth-order valence-electron chi connectivity index (χ4n) is 3.64. The van der Waals surface area contributed by atoms with Crippen LogP contribution in [0.4, 0.5) is 10.5 Å². The molecule has 0 aliphatic carbocycles. The summed E-state index contributed by atoms with van der Waals surface area (Å²) in [5.74, 6) is 2.23. The summed E-state index contributed by atoms with van der Waals surface area (Å²) in [5, 5.41) is 7.09. The van der Waals surface area contributed by atoms with Crippen LogP contribution in [0.5, 0.6) is 5.75 Å². The summed E-state index contributed by atoms with van der Waals surface area (Å²) >= 11 is 0. The van der Waals surface area contributed by atoms with Crippen LogP contribution in [0.25, 0.3) is 11.4 Å². The van der Waals surface area contributed by atoms with Gasteiger partial charge in [-0.2, -0.15) is 4.98 Å². The Balaban J connectivity index is 1.32. The van der Waals surface area contributed by atoms with Gasteiger partial charge in [-0.25, -0.2) is 4.79 Å². The Morgan fingerprint density at radius 2 is 1.97 bits per heavy atom. The van der Waals surface area contributed by atoms with Crippen molar-refractivity contribution in [2.45, 2.75) is 32.6 Å². The molecule has 156 valence electrons. The molecule has 1 aliphatic rings. The minimum Gasteiger partial charge on any atom is -0.494 e. The average molecular weight is 406 g/mol. The fourth-order valence-corrected chi connectivity index (χ4v) is 3.64. The zero-order valence-corrected chi connectivity index (χ0v) is 17.3. The molecule has 0 unspecified atom stereocenters. The standard InChI is InChI=1S/C23H26N4O3/c1-3-29-20-9-7-19(8-10-20)24-23(28)27-13-11-17(12-14-27)22-25-21(26-30-22)18-6-4-5-16(2)15-18/h4-10,15,17H,3,11-14H2,1-2H3,(H,24,28). The third-order valence-electron chi connectivity index (χ3n) is 5.27. The first-order valence-corrected chi connectivity index (χ1v) is 10.3. The van der Waals surface area contributed by atoms with Crippen LogP contribution >= 0.6 is 0 Å². The van der Waals surface area contributed by atoms with E-state index in [9.17, 15) is 4.79 Å². The molecule has 1 fully saturated rings. The highest BCUT2D eigenvalue weighted by molar-refractivity contribution is 5.89. The van der Waals surface area contributed by atoms with E-state index in [0.717, 1.165) is 35.4 Å². The van der Waals surface area contributed by atoms with Crippen molar-refractivity contribution in [3.8, 4) is 17.1 Å². The molecule has 1 saturated heterocycles. The number of carbonyl (C=O) groups excluding carboxylic acids is 1. The largest absolute Gasteiger partial charge is 0.494 e. The molecule has 2 aromatic carbocycles. The van der Waals surface area contributed by atoms with E-state index in [1.807, 2.05) is 67.3 Å². The van der Waals surface area contributed by atoms with Gasteiger partial charge in [-0.1, -0.05) is 28.9 Å². The van der Waals surface area contributed by atoms with Crippen molar-refractivity contribution in [2.75, 3.05) is 25.0 Å². The summed E-state index contributed by atoms with van der Waals surface area (Å²) in [5.41, 5.74) is 2.87. The van der Waals surface area contributed by atoms with Crippen molar-refractivity contribution < 1.29 is 14.1 Å². The van der Waals surface area contributed by atoms with E-state index in [0.29, 0.717) is 31.4 Å². The Hall–Kier alpha value is -3.35. The molecular weight excluding hydrogens is 380 g/mol. The molecule has 1 aromatic heterocycles. The van der Waals surface area contributed by atoms with Gasteiger partial charge in [0, 0.05) is 30.3 Å². The Morgan fingerprint density at radius 3 is 2.67 bits per heavy atom. The van der Waals surface area contributed by atoms with E-state index in [4.69, 9.17) is 9.26 Å². The second-order valence-electron chi connectivity index (χ2n) is 7.47. The first-order valence-electron chi connectivity index (χ1n) is 10.3. The molecule has 7 nitrogen and oxygen atoms in total. The second kappa shape index (κ2) is 8.98. The smallest absolute Gasteiger partial charge is 0.321 e. The molecule has 0 spiro atoms. The number of carbonyl (C=O) groups is 1. The highest BCUT2D eigenvalue weighted by Crippen LogP contribution is 2.29. The van der Waals surface area contributed by atoms with Crippen LogP contribution in [0.15, 0.2) is 53.1 Å². The third kappa shape index (κ3) is 4.62. The maximum atomic E-state index is 12.6. The van der Waals surface area contributed by atoms with Crippen molar-refractivity contribution in [3.05, 3.63) is 60.0 Å². The number of urea groups is 1. The highest BCUT2D eigenvalue weighted by atomic mass is 16.5. The molecule has 1 N–H and O–H groups in total. The van der Waals surface area contributed by atoms with Gasteiger partial charge in [0.25, 0.3) is 0 Å². The topological polar surface area (TPSA) is 80.5 Å². The molecule has 1 aliphatic heterocycles. The molecule has 0 bridgehead atoms. The molecule has 0 atom stereocenters. The van der Waals surface area contributed by atoms with Crippen LogP contribution < -0.4 is 10.1 Å². The molecular formula is C23H26N4O3. The highest BCUT2D eigenvalue weighted by Gasteiger charge is 2.27. The zero-order valence-electron chi connectivity index (χ0n) is 17.3. The lowest BCUT2D eigenvalue weighted by Gasteiger charge is -2.30. The van der Waals surface area contributed by atoms with Crippen LogP contribution in [0, 0.1) is 6.92 Å². The van der Waals surface area contributed by atoms with Gasteiger partial charge < -0.3 is 19.5 Å². The Bertz CT molecular complexity index is 992. The first-order chi connectivity index (χ1) is 14.6. The van der Waals surface area contributed by atoms with Gasteiger partial charge in [0.15, 0.2) is 0 Å². The molecule has 30 heavy (non-hydrogen) atoms. The number of hydrogen-bond donors (Lipinski definition) is 1. The minimum atomic E-state index is -0.0939. The number of nitrogens with one attached hydrogen (secondary N) is 1. The van der Waals surface area contributed by atoms with Crippen molar-refractivity contribution in [3.63, 3.8) is 0 Å². The number of hydrogen-bond acceptors (Lipinski definition) is 5. The number of benzene rings is 2. The summed E-state index contributed by atoms with van der Waals surface area (Å²) in [6, 6.07) is 15.4. The van der Waals surface area contributed by atoms with Gasteiger partial charge in [0.1, 0.15) is 5.75 Å². The SMILES string of the molecule is CCOc1ccc(NC(=O)N2CCC(c3nc(-c4cccc(C)c4)no3)CC2)cc1. The normalized spacial score (nSPS) is 14.5. The molecule has 2 heterocycles. The third-order valence-corrected chi connectivity index (χ3v) is 5.27.